The predicted molar refractivity (Wildman–Crippen MR) is 128 cm³/mol. The number of ether oxygens (including phenoxy) is 1. The number of piperazine rings is 1. The van der Waals surface area contributed by atoms with Crippen molar-refractivity contribution in [2.24, 2.45) is 4.99 Å². The molecule has 1 fully saturated rings. The Morgan fingerprint density at radius 2 is 1.77 bits per heavy atom. The van der Waals surface area contributed by atoms with E-state index in [0.29, 0.717) is 35.7 Å². The number of fused-ring (bicyclic) bond motifs is 1. The van der Waals surface area contributed by atoms with Gasteiger partial charge in [0.15, 0.2) is 11.6 Å². The zero-order valence-corrected chi connectivity index (χ0v) is 18.2. The molecule has 0 aliphatic carbocycles. The van der Waals surface area contributed by atoms with E-state index in [9.17, 15) is 0 Å². The van der Waals surface area contributed by atoms with Crippen LogP contribution >= 0.6 is 0 Å². The van der Waals surface area contributed by atoms with Crippen LogP contribution in [0, 0.1) is 0 Å². The normalized spacial score (nSPS) is 20.2. The standard InChI is InChI=1S/C16H27N7O.C6H7N/c1-22-5-7-23(8-6-22)12-2-4-19-11-20-16-14(24-9-3-12)10-13(17)15(18)21-16;7-6-4-2-1-3-5-6/h10-12H,2-9,17H2,1H3,(H3,18,19,20,21);1-5H,7H2. The molecular weight excluding hydrogens is 392 g/mol. The number of rotatable bonds is 1. The summed E-state index contributed by atoms with van der Waals surface area (Å²) in [5.74, 6) is 1.47. The van der Waals surface area contributed by atoms with Crippen molar-refractivity contribution in [2.45, 2.75) is 18.9 Å². The Hall–Kier alpha value is -3.04. The Balaban J connectivity index is 0.000000330. The van der Waals surface area contributed by atoms with Gasteiger partial charge in [-0.15, -0.1) is 0 Å². The fourth-order valence-corrected chi connectivity index (χ4v) is 3.59. The lowest BCUT2D eigenvalue weighted by atomic mass is 10.1. The van der Waals surface area contributed by atoms with Crippen LogP contribution in [0.2, 0.25) is 0 Å². The first-order valence-corrected chi connectivity index (χ1v) is 10.7. The number of pyridine rings is 1. The molecule has 2 aliphatic rings. The number of nitrogen functional groups attached to an aromatic ring is 3. The van der Waals surface area contributed by atoms with Gasteiger partial charge in [-0.25, -0.2) is 4.98 Å². The lowest BCUT2D eigenvalue weighted by molar-refractivity contribution is 0.0944. The first-order valence-electron chi connectivity index (χ1n) is 10.7. The van der Waals surface area contributed by atoms with Gasteiger partial charge in [0.25, 0.3) is 0 Å². The molecular formula is C22H34N8O. The second-order valence-corrected chi connectivity index (χ2v) is 7.82. The van der Waals surface area contributed by atoms with Gasteiger partial charge in [0.2, 0.25) is 0 Å². The van der Waals surface area contributed by atoms with Crippen LogP contribution in [0.1, 0.15) is 12.8 Å². The van der Waals surface area contributed by atoms with Gasteiger partial charge >= 0.3 is 0 Å². The van der Waals surface area contributed by atoms with Crippen molar-refractivity contribution in [1.29, 1.82) is 0 Å². The second kappa shape index (κ2) is 11.4. The molecule has 1 atom stereocenters. The van der Waals surface area contributed by atoms with Crippen molar-refractivity contribution in [2.75, 3.05) is 68.9 Å². The highest BCUT2D eigenvalue weighted by molar-refractivity contribution is 5.79. The maximum atomic E-state index is 5.94. The van der Waals surface area contributed by atoms with E-state index in [2.05, 4.69) is 32.1 Å². The van der Waals surface area contributed by atoms with Crippen molar-refractivity contribution in [3.8, 4) is 5.75 Å². The molecule has 9 nitrogen and oxygen atoms in total. The molecule has 1 aromatic carbocycles. The molecule has 1 saturated heterocycles. The summed E-state index contributed by atoms with van der Waals surface area (Å²) in [6.07, 6.45) is 3.65. The molecule has 0 radical (unpaired) electrons. The Morgan fingerprint density at radius 1 is 1.03 bits per heavy atom. The maximum Gasteiger partial charge on any atom is 0.176 e. The molecule has 9 heteroatoms. The Labute approximate surface area is 184 Å². The first kappa shape index (κ1) is 22.6. The van der Waals surface area contributed by atoms with Crippen LogP contribution in [-0.4, -0.2) is 73.5 Å². The van der Waals surface area contributed by atoms with E-state index in [4.69, 9.17) is 21.9 Å². The molecule has 0 spiro atoms. The van der Waals surface area contributed by atoms with Gasteiger partial charge in [0, 0.05) is 50.5 Å². The minimum absolute atomic E-state index is 0.295. The second-order valence-electron chi connectivity index (χ2n) is 7.82. The minimum atomic E-state index is 0.295. The number of hydrogen-bond acceptors (Lipinski definition) is 9. The van der Waals surface area contributed by atoms with E-state index in [1.54, 1.807) is 12.4 Å². The summed E-state index contributed by atoms with van der Waals surface area (Å²) in [6, 6.07) is 11.7. The topological polar surface area (TPSA) is 131 Å². The van der Waals surface area contributed by atoms with Crippen LogP contribution in [0.25, 0.3) is 0 Å². The lowest BCUT2D eigenvalue weighted by Crippen LogP contribution is -2.49. The molecule has 1 aromatic heterocycles. The highest BCUT2D eigenvalue weighted by Gasteiger charge is 2.22. The number of nitrogens with two attached hydrogens (primary N) is 3. The summed E-state index contributed by atoms with van der Waals surface area (Å²) in [7, 11) is 2.17. The SMILES string of the molecule is CN1CCN(C2CCN=CNc3nc(N)c(N)cc3OCC2)CC1.Nc1ccccc1. The van der Waals surface area contributed by atoms with Gasteiger partial charge in [-0.1, -0.05) is 18.2 Å². The average Bonchev–Trinajstić information content (AvgIpc) is 2.80. The smallest absolute Gasteiger partial charge is 0.176 e. The molecule has 0 amide bonds. The highest BCUT2D eigenvalue weighted by atomic mass is 16.5. The summed E-state index contributed by atoms with van der Waals surface area (Å²) in [5.41, 5.74) is 18.2. The molecule has 0 saturated carbocycles. The van der Waals surface area contributed by atoms with Crippen molar-refractivity contribution in [3.63, 3.8) is 0 Å². The van der Waals surface area contributed by atoms with E-state index < -0.39 is 0 Å². The summed E-state index contributed by atoms with van der Waals surface area (Å²) >= 11 is 0. The van der Waals surface area contributed by atoms with Crippen LogP contribution in [0.4, 0.5) is 23.0 Å². The van der Waals surface area contributed by atoms with Crippen molar-refractivity contribution >= 4 is 29.3 Å². The van der Waals surface area contributed by atoms with Crippen LogP contribution in [0.15, 0.2) is 41.4 Å². The Morgan fingerprint density at radius 3 is 2.45 bits per heavy atom. The highest BCUT2D eigenvalue weighted by Crippen LogP contribution is 2.28. The van der Waals surface area contributed by atoms with Gasteiger partial charge in [-0.2, -0.15) is 0 Å². The Bertz CT molecular complexity index is 837. The first-order chi connectivity index (χ1) is 15.0. The zero-order chi connectivity index (χ0) is 22.1. The van der Waals surface area contributed by atoms with Gasteiger partial charge in [-0.3, -0.25) is 9.89 Å². The molecule has 4 rings (SSSR count). The predicted octanol–water partition coefficient (Wildman–Crippen LogP) is 1.74. The number of hydrogen-bond donors (Lipinski definition) is 4. The molecule has 1 unspecified atom stereocenters. The number of nitrogens with one attached hydrogen (secondary N) is 1. The average molecular weight is 427 g/mol. The largest absolute Gasteiger partial charge is 0.490 e. The molecule has 7 N–H and O–H groups in total. The van der Waals surface area contributed by atoms with E-state index in [1.807, 2.05) is 30.3 Å². The number of aromatic nitrogens is 1. The summed E-state index contributed by atoms with van der Waals surface area (Å²) in [5, 5.41) is 3.05. The third-order valence-corrected chi connectivity index (χ3v) is 5.49. The third kappa shape index (κ3) is 7.01. The van der Waals surface area contributed by atoms with Crippen LogP contribution in [0.5, 0.6) is 5.75 Å². The number of nitrogens with zero attached hydrogens (tertiary/aromatic N) is 4. The third-order valence-electron chi connectivity index (χ3n) is 5.49. The number of para-hydroxylation sites is 1. The maximum absolute atomic E-state index is 5.94. The number of benzene rings is 1. The monoisotopic (exact) mass is 426 g/mol. The fourth-order valence-electron chi connectivity index (χ4n) is 3.59. The van der Waals surface area contributed by atoms with Gasteiger partial charge in [0.05, 0.1) is 18.6 Å². The summed E-state index contributed by atoms with van der Waals surface area (Å²) < 4.78 is 5.94. The van der Waals surface area contributed by atoms with Crippen LogP contribution < -0.4 is 27.3 Å². The lowest BCUT2D eigenvalue weighted by Gasteiger charge is -2.38. The molecule has 0 bridgehead atoms. The van der Waals surface area contributed by atoms with Gasteiger partial charge in [-0.05, 0) is 32.0 Å². The number of aliphatic imine (C=N–C) groups is 1. The minimum Gasteiger partial charge on any atom is -0.490 e. The van der Waals surface area contributed by atoms with Crippen molar-refractivity contribution in [3.05, 3.63) is 36.4 Å². The van der Waals surface area contributed by atoms with E-state index in [1.165, 1.54) is 0 Å². The number of likely N-dealkylation sites (N-methyl/N-ethyl adjacent to an activating group) is 1. The number of anilines is 4. The molecule has 2 aliphatic heterocycles. The van der Waals surface area contributed by atoms with Gasteiger partial charge < -0.3 is 32.2 Å². The van der Waals surface area contributed by atoms with Gasteiger partial charge in [0.1, 0.15) is 5.82 Å². The van der Waals surface area contributed by atoms with E-state index in [0.717, 1.165) is 51.3 Å². The van der Waals surface area contributed by atoms with Crippen molar-refractivity contribution in [1.82, 2.24) is 14.8 Å². The van der Waals surface area contributed by atoms with E-state index in [-0.39, 0.29) is 0 Å². The fraction of sp³-hybridized carbons (Fsp3) is 0.455. The zero-order valence-electron chi connectivity index (χ0n) is 18.2. The van der Waals surface area contributed by atoms with Crippen LogP contribution in [-0.2, 0) is 0 Å². The summed E-state index contributed by atoms with van der Waals surface area (Å²) in [4.78, 5) is 13.6. The Kier molecular flexibility index (Phi) is 8.31. The molecule has 31 heavy (non-hydrogen) atoms. The van der Waals surface area contributed by atoms with Crippen molar-refractivity contribution < 1.29 is 4.74 Å². The van der Waals surface area contributed by atoms with E-state index >= 15 is 0 Å². The molecule has 2 aromatic rings. The molecule has 3 heterocycles. The summed E-state index contributed by atoms with van der Waals surface area (Å²) in [6.45, 7) is 5.84. The molecule has 168 valence electrons. The quantitative estimate of drug-likeness (QED) is 0.507. The van der Waals surface area contributed by atoms with Crippen LogP contribution in [0.3, 0.4) is 0 Å².